The molecule has 3 N–H and O–H groups in total. The second-order valence-electron chi connectivity index (χ2n) is 3.76. The van der Waals surface area contributed by atoms with Crippen LogP contribution in [0.3, 0.4) is 0 Å². The van der Waals surface area contributed by atoms with Crippen LogP contribution in [0.15, 0.2) is 18.2 Å². The first-order chi connectivity index (χ1) is 7.52. The van der Waals surface area contributed by atoms with Gasteiger partial charge in [0.25, 0.3) is 5.91 Å². The number of carbonyl (C=O) groups is 1. The van der Waals surface area contributed by atoms with E-state index in [1.165, 1.54) is 0 Å². The van der Waals surface area contributed by atoms with Crippen molar-refractivity contribution in [2.75, 3.05) is 32.9 Å². The smallest absolute Gasteiger partial charge is 0.253 e. The first kappa shape index (κ1) is 12.8. The highest BCUT2D eigenvalue weighted by molar-refractivity contribution is 6.33. The Bertz CT molecular complexity index is 379. The predicted octanol–water partition coefficient (Wildman–Crippen LogP) is 1.21. The number of halogens is 1. The van der Waals surface area contributed by atoms with E-state index in [1.54, 1.807) is 18.2 Å². The minimum atomic E-state index is -0.193. The number of amides is 1. The number of rotatable bonds is 4. The average molecular weight is 242 g/mol. The summed E-state index contributed by atoms with van der Waals surface area (Å²) in [6, 6.07) is 5.03. The van der Waals surface area contributed by atoms with Crippen molar-refractivity contribution < 1.29 is 4.79 Å². The summed E-state index contributed by atoms with van der Waals surface area (Å²) in [7, 11) is 3.89. The molecule has 0 radical (unpaired) electrons. The van der Waals surface area contributed by atoms with Crippen LogP contribution in [0.4, 0.5) is 5.69 Å². The Morgan fingerprint density at radius 2 is 2.19 bits per heavy atom. The number of nitrogens with one attached hydrogen (secondary N) is 1. The molecule has 0 heterocycles. The molecule has 0 aromatic heterocycles. The molecule has 1 rings (SSSR count). The van der Waals surface area contributed by atoms with Crippen molar-refractivity contribution in [2.45, 2.75) is 0 Å². The molecule has 88 valence electrons. The zero-order valence-corrected chi connectivity index (χ0v) is 10.2. The van der Waals surface area contributed by atoms with E-state index in [-0.39, 0.29) is 5.91 Å². The van der Waals surface area contributed by atoms with Crippen LogP contribution in [-0.2, 0) is 0 Å². The molecule has 0 fully saturated rings. The molecule has 0 saturated heterocycles. The minimum Gasteiger partial charge on any atom is -0.397 e. The lowest BCUT2D eigenvalue weighted by atomic mass is 10.1. The van der Waals surface area contributed by atoms with Crippen LogP contribution < -0.4 is 11.1 Å². The number of hydrogen-bond donors (Lipinski definition) is 2. The van der Waals surface area contributed by atoms with Crippen molar-refractivity contribution >= 4 is 23.2 Å². The lowest BCUT2D eigenvalue weighted by Gasteiger charge is -2.11. The highest BCUT2D eigenvalue weighted by Gasteiger charge is 2.10. The van der Waals surface area contributed by atoms with Crippen LogP contribution in [0, 0.1) is 0 Å². The quantitative estimate of drug-likeness (QED) is 0.780. The molecule has 0 unspecified atom stereocenters. The molecule has 1 amide bonds. The van der Waals surface area contributed by atoms with E-state index >= 15 is 0 Å². The Morgan fingerprint density at radius 3 is 2.81 bits per heavy atom. The molecule has 5 heteroatoms. The molecule has 0 aliphatic heterocycles. The van der Waals surface area contributed by atoms with E-state index in [1.807, 2.05) is 19.0 Å². The molecular weight excluding hydrogens is 226 g/mol. The molecule has 16 heavy (non-hydrogen) atoms. The molecule has 1 aromatic carbocycles. The number of nitrogens with two attached hydrogens (primary N) is 1. The largest absolute Gasteiger partial charge is 0.397 e. The van der Waals surface area contributed by atoms with Crippen molar-refractivity contribution in [3.63, 3.8) is 0 Å². The van der Waals surface area contributed by atoms with Gasteiger partial charge in [-0.3, -0.25) is 4.79 Å². The van der Waals surface area contributed by atoms with Crippen LogP contribution in [0.1, 0.15) is 10.4 Å². The molecule has 0 aliphatic rings. The van der Waals surface area contributed by atoms with Gasteiger partial charge in [-0.05, 0) is 26.2 Å². The molecule has 0 spiro atoms. The standard InChI is InChI=1S/C11H16ClN3O/c1-15(2)7-6-14-11(16)8-4-3-5-9(12)10(8)13/h3-5H,6-7,13H2,1-2H3,(H,14,16). The third-order valence-corrected chi connectivity index (χ3v) is 2.47. The number of anilines is 1. The molecule has 0 aliphatic carbocycles. The van der Waals surface area contributed by atoms with E-state index in [4.69, 9.17) is 17.3 Å². The highest BCUT2D eigenvalue weighted by atomic mass is 35.5. The van der Waals surface area contributed by atoms with Gasteiger partial charge in [-0.25, -0.2) is 0 Å². The van der Waals surface area contributed by atoms with Gasteiger partial charge >= 0.3 is 0 Å². The van der Waals surface area contributed by atoms with Crippen molar-refractivity contribution in [2.24, 2.45) is 0 Å². The Labute approximate surface area is 100 Å². The normalized spacial score (nSPS) is 10.5. The Morgan fingerprint density at radius 1 is 1.50 bits per heavy atom. The lowest BCUT2D eigenvalue weighted by Crippen LogP contribution is -2.31. The molecular formula is C11H16ClN3O. The number of benzene rings is 1. The third-order valence-electron chi connectivity index (χ3n) is 2.14. The van der Waals surface area contributed by atoms with Gasteiger partial charge in [-0.15, -0.1) is 0 Å². The minimum absolute atomic E-state index is 0.193. The lowest BCUT2D eigenvalue weighted by molar-refractivity contribution is 0.0952. The Kier molecular flexibility index (Phi) is 4.58. The summed E-state index contributed by atoms with van der Waals surface area (Å²) >= 11 is 5.83. The second kappa shape index (κ2) is 5.72. The molecule has 1 aromatic rings. The summed E-state index contributed by atoms with van der Waals surface area (Å²) in [4.78, 5) is 13.7. The summed E-state index contributed by atoms with van der Waals surface area (Å²) in [5, 5.41) is 3.18. The maximum Gasteiger partial charge on any atom is 0.253 e. The second-order valence-corrected chi connectivity index (χ2v) is 4.17. The zero-order valence-electron chi connectivity index (χ0n) is 9.46. The van der Waals surface area contributed by atoms with Gasteiger partial charge in [0.2, 0.25) is 0 Å². The van der Waals surface area contributed by atoms with Crippen LogP contribution in [0.2, 0.25) is 5.02 Å². The van der Waals surface area contributed by atoms with E-state index < -0.39 is 0 Å². The fourth-order valence-corrected chi connectivity index (χ4v) is 1.40. The van der Waals surface area contributed by atoms with Crippen LogP contribution in [0.5, 0.6) is 0 Å². The number of likely N-dealkylation sites (N-methyl/N-ethyl adjacent to an activating group) is 1. The van der Waals surface area contributed by atoms with Gasteiger partial charge in [-0.1, -0.05) is 17.7 Å². The maximum atomic E-state index is 11.7. The zero-order chi connectivity index (χ0) is 12.1. The van der Waals surface area contributed by atoms with E-state index in [2.05, 4.69) is 5.32 Å². The Balaban J connectivity index is 2.63. The molecule has 0 saturated carbocycles. The first-order valence-electron chi connectivity index (χ1n) is 4.99. The fourth-order valence-electron chi connectivity index (χ4n) is 1.22. The van der Waals surface area contributed by atoms with Crippen molar-refractivity contribution in [3.8, 4) is 0 Å². The van der Waals surface area contributed by atoms with Crippen LogP contribution in [0.25, 0.3) is 0 Å². The van der Waals surface area contributed by atoms with Gasteiger partial charge in [0.05, 0.1) is 16.3 Å². The molecule has 0 bridgehead atoms. The molecule has 0 atom stereocenters. The SMILES string of the molecule is CN(C)CCNC(=O)c1cccc(Cl)c1N. The monoisotopic (exact) mass is 241 g/mol. The van der Waals surface area contributed by atoms with Gasteiger partial charge < -0.3 is 16.0 Å². The predicted molar refractivity (Wildman–Crippen MR) is 66.8 cm³/mol. The maximum absolute atomic E-state index is 11.7. The summed E-state index contributed by atoms with van der Waals surface area (Å²) < 4.78 is 0. The summed E-state index contributed by atoms with van der Waals surface area (Å²) in [5.74, 6) is -0.193. The van der Waals surface area contributed by atoms with E-state index in [9.17, 15) is 4.79 Å². The number of carbonyl (C=O) groups excluding carboxylic acids is 1. The number of nitrogens with zero attached hydrogens (tertiary/aromatic N) is 1. The van der Waals surface area contributed by atoms with Gasteiger partial charge in [-0.2, -0.15) is 0 Å². The van der Waals surface area contributed by atoms with Crippen molar-refractivity contribution in [1.29, 1.82) is 0 Å². The van der Waals surface area contributed by atoms with Gasteiger partial charge in [0.15, 0.2) is 0 Å². The molecule has 4 nitrogen and oxygen atoms in total. The third kappa shape index (κ3) is 3.40. The summed E-state index contributed by atoms with van der Waals surface area (Å²) in [5.41, 5.74) is 6.46. The van der Waals surface area contributed by atoms with E-state index in [0.29, 0.717) is 22.8 Å². The van der Waals surface area contributed by atoms with Crippen LogP contribution >= 0.6 is 11.6 Å². The topological polar surface area (TPSA) is 58.4 Å². The average Bonchev–Trinajstić information content (AvgIpc) is 2.21. The van der Waals surface area contributed by atoms with E-state index in [0.717, 1.165) is 6.54 Å². The van der Waals surface area contributed by atoms with Crippen LogP contribution in [-0.4, -0.2) is 38.0 Å². The highest BCUT2D eigenvalue weighted by Crippen LogP contribution is 2.21. The van der Waals surface area contributed by atoms with Crippen molar-refractivity contribution in [1.82, 2.24) is 10.2 Å². The summed E-state index contributed by atoms with van der Waals surface area (Å²) in [6.07, 6.45) is 0. The number of para-hydroxylation sites is 1. The van der Waals surface area contributed by atoms with Crippen molar-refractivity contribution in [3.05, 3.63) is 28.8 Å². The fraction of sp³-hybridized carbons (Fsp3) is 0.364. The first-order valence-corrected chi connectivity index (χ1v) is 5.37. The van der Waals surface area contributed by atoms with Gasteiger partial charge in [0.1, 0.15) is 0 Å². The number of nitrogen functional groups attached to an aromatic ring is 1. The number of hydrogen-bond acceptors (Lipinski definition) is 3. The summed E-state index contributed by atoms with van der Waals surface area (Å²) in [6.45, 7) is 1.37. The van der Waals surface area contributed by atoms with Gasteiger partial charge in [0, 0.05) is 13.1 Å². The Hall–Kier alpha value is -1.26.